The molecular formula is C42H28N4. The second-order valence-electron chi connectivity index (χ2n) is 11.1. The monoisotopic (exact) mass is 588 g/mol. The van der Waals surface area contributed by atoms with E-state index < -0.39 is 0 Å². The van der Waals surface area contributed by atoms with Crippen molar-refractivity contribution in [2.75, 3.05) is 0 Å². The Morgan fingerprint density at radius 2 is 0.870 bits per heavy atom. The Balaban J connectivity index is 1.36. The SMILES string of the molecule is c1ccc(-c2cc(-c3ccccc3)c3nc(-c4ccc(-c5ccccn5)cc4)nc(-c4ccc(-c5ccccn5)cc4)c3c2)cc1. The van der Waals surface area contributed by atoms with Crippen molar-refractivity contribution in [1.82, 2.24) is 19.9 Å². The first-order valence-corrected chi connectivity index (χ1v) is 15.3. The highest BCUT2D eigenvalue weighted by Gasteiger charge is 2.18. The molecule has 0 atom stereocenters. The van der Waals surface area contributed by atoms with Gasteiger partial charge in [0.05, 0.1) is 22.6 Å². The van der Waals surface area contributed by atoms with Crippen LogP contribution in [-0.4, -0.2) is 19.9 Å². The van der Waals surface area contributed by atoms with Gasteiger partial charge in [-0.25, -0.2) is 9.97 Å². The maximum absolute atomic E-state index is 5.27. The highest BCUT2D eigenvalue weighted by Crippen LogP contribution is 2.39. The van der Waals surface area contributed by atoms with Gasteiger partial charge in [0.2, 0.25) is 0 Å². The molecule has 4 heteroatoms. The molecule has 46 heavy (non-hydrogen) atoms. The van der Waals surface area contributed by atoms with Gasteiger partial charge in [-0.05, 0) is 53.1 Å². The van der Waals surface area contributed by atoms with Crippen LogP contribution < -0.4 is 0 Å². The van der Waals surface area contributed by atoms with Crippen LogP contribution in [0.15, 0.2) is 170 Å². The zero-order chi connectivity index (χ0) is 30.7. The molecule has 8 aromatic rings. The zero-order valence-corrected chi connectivity index (χ0v) is 25.0. The van der Waals surface area contributed by atoms with Crippen molar-refractivity contribution in [3.63, 3.8) is 0 Å². The van der Waals surface area contributed by atoms with Crippen molar-refractivity contribution in [1.29, 1.82) is 0 Å². The standard InChI is InChI=1S/C42H28N4/c1-3-11-29(12-4-1)35-27-36(30-13-5-2-6-14-30)41-37(28-35)40(33-21-17-31(18-22-33)38-15-7-9-25-43-38)45-42(46-41)34-23-19-32(20-24-34)39-16-8-10-26-44-39/h1-28H. The van der Waals surface area contributed by atoms with Crippen LogP contribution in [0.1, 0.15) is 0 Å². The molecule has 0 radical (unpaired) electrons. The lowest BCUT2D eigenvalue weighted by molar-refractivity contribution is 1.23. The van der Waals surface area contributed by atoms with Gasteiger partial charge in [-0.1, -0.05) is 121 Å². The summed E-state index contributed by atoms with van der Waals surface area (Å²) in [7, 11) is 0. The molecule has 0 bridgehead atoms. The van der Waals surface area contributed by atoms with Gasteiger partial charge >= 0.3 is 0 Å². The summed E-state index contributed by atoms with van der Waals surface area (Å²) in [5.74, 6) is 0.675. The first kappa shape index (κ1) is 27.3. The molecule has 0 fully saturated rings. The quantitative estimate of drug-likeness (QED) is 0.194. The first-order chi connectivity index (χ1) is 22.8. The van der Waals surface area contributed by atoms with Gasteiger partial charge in [-0.15, -0.1) is 0 Å². The molecule has 4 nitrogen and oxygen atoms in total. The van der Waals surface area contributed by atoms with Gasteiger partial charge in [0.1, 0.15) is 0 Å². The molecule has 3 aromatic heterocycles. The molecule has 0 spiro atoms. The molecule has 0 amide bonds. The largest absolute Gasteiger partial charge is 0.256 e. The summed E-state index contributed by atoms with van der Waals surface area (Å²) in [6.07, 6.45) is 3.64. The van der Waals surface area contributed by atoms with E-state index in [1.54, 1.807) is 0 Å². The van der Waals surface area contributed by atoms with Gasteiger partial charge in [-0.2, -0.15) is 0 Å². The predicted molar refractivity (Wildman–Crippen MR) is 188 cm³/mol. The summed E-state index contributed by atoms with van der Waals surface area (Å²) in [5.41, 5.74) is 12.2. The number of pyridine rings is 2. The zero-order valence-electron chi connectivity index (χ0n) is 25.0. The normalized spacial score (nSPS) is 11.0. The third-order valence-electron chi connectivity index (χ3n) is 8.22. The predicted octanol–water partition coefficient (Wildman–Crippen LogP) is 10.4. The van der Waals surface area contributed by atoms with E-state index in [0.29, 0.717) is 5.82 Å². The van der Waals surface area contributed by atoms with Gasteiger partial charge in [0.25, 0.3) is 0 Å². The van der Waals surface area contributed by atoms with E-state index >= 15 is 0 Å². The van der Waals surface area contributed by atoms with Crippen molar-refractivity contribution >= 4 is 10.9 Å². The summed E-state index contributed by atoms with van der Waals surface area (Å²) in [6.45, 7) is 0. The molecule has 3 heterocycles. The van der Waals surface area contributed by atoms with Gasteiger partial charge in [0.15, 0.2) is 5.82 Å². The molecule has 0 saturated carbocycles. The van der Waals surface area contributed by atoms with E-state index in [1.807, 2.05) is 60.9 Å². The average molecular weight is 589 g/mol. The third-order valence-corrected chi connectivity index (χ3v) is 8.22. The highest BCUT2D eigenvalue weighted by atomic mass is 14.9. The lowest BCUT2D eigenvalue weighted by Gasteiger charge is -2.16. The minimum atomic E-state index is 0.675. The molecule has 216 valence electrons. The van der Waals surface area contributed by atoms with Gasteiger partial charge < -0.3 is 0 Å². The molecule has 0 unspecified atom stereocenters. The van der Waals surface area contributed by atoms with Crippen molar-refractivity contribution in [2.45, 2.75) is 0 Å². The van der Waals surface area contributed by atoms with Gasteiger partial charge in [0, 0.05) is 45.6 Å². The Hall–Kier alpha value is -6.26. The molecule has 0 N–H and O–H groups in total. The Bertz CT molecular complexity index is 2250. The van der Waals surface area contributed by atoms with E-state index in [1.165, 1.54) is 0 Å². The second-order valence-corrected chi connectivity index (χ2v) is 11.1. The molecule has 0 saturated heterocycles. The first-order valence-electron chi connectivity index (χ1n) is 15.3. The lowest BCUT2D eigenvalue weighted by Crippen LogP contribution is -1.98. The Labute approximate surface area is 267 Å². The summed E-state index contributed by atoms with van der Waals surface area (Å²) < 4.78 is 0. The van der Waals surface area contributed by atoms with Crippen molar-refractivity contribution in [3.05, 3.63) is 170 Å². The number of fused-ring (bicyclic) bond motifs is 1. The molecule has 0 aliphatic heterocycles. The maximum atomic E-state index is 5.27. The van der Waals surface area contributed by atoms with Crippen LogP contribution in [0, 0.1) is 0 Å². The van der Waals surface area contributed by atoms with E-state index in [9.17, 15) is 0 Å². The minimum absolute atomic E-state index is 0.675. The van der Waals surface area contributed by atoms with E-state index in [4.69, 9.17) is 9.97 Å². The van der Waals surface area contributed by atoms with Crippen LogP contribution >= 0.6 is 0 Å². The number of rotatable bonds is 6. The van der Waals surface area contributed by atoms with Crippen LogP contribution in [0.5, 0.6) is 0 Å². The third kappa shape index (κ3) is 5.33. The molecular weight excluding hydrogens is 560 g/mol. The van der Waals surface area contributed by atoms with E-state index in [0.717, 1.165) is 72.5 Å². The Morgan fingerprint density at radius 3 is 1.43 bits per heavy atom. The lowest BCUT2D eigenvalue weighted by atomic mass is 9.93. The number of hydrogen-bond acceptors (Lipinski definition) is 4. The number of hydrogen-bond donors (Lipinski definition) is 0. The second kappa shape index (κ2) is 12.0. The molecule has 0 aliphatic rings. The van der Waals surface area contributed by atoms with Crippen LogP contribution in [0.3, 0.4) is 0 Å². The molecule has 8 rings (SSSR count). The average Bonchev–Trinajstić information content (AvgIpc) is 3.15. The van der Waals surface area contributed by atoms with E-state index in [-0.39, 0.29) is 0 Å². The summed E-state index contributed by atoms with van der Waals surface area (Å²) in [4.78, 5) is 19.6. The number of nitrogens with zero attached hydrogens (tertiary/aromatic N) is 4. The van der Waals surface area contributed by atoms with Crippen molar-refractivity contribution in [3.8, 4) is 67.4 Å². The fraction of sp³-hybridized carbons (Fsp3) is 0. The molecule has 0 aliphatic carbocycles. The summed E-state index contributed by atoms with van der Waals surface area (Å²) in [6, 6.07) is 54.2. The van der Waals surface area contributed by atoms with Crippen molar-refractivity contribution < 1.29 is 0 Å². The fourth-order valence-corrected chi connectivity index (χ4v) is 5.87. The van der Waals surface area contributed by atoms with Crippen LogP contribution in [-0.2, 0) is 0 Å². The van der Waals surface area contributed by atoms with Crippen molar-refractivity contribution in [2.24, 2.45) is 0 Å². The minimum Gasteiger partial charge on any atom is -0.256 e. The summed E-state index contributed by atoms with van der Waals surface area (Å²) in [5, 5.41) is 1.000. The Morgan fingerprint density at radius 1 is 0.348 bits per heavy atom. The highest BCUT2D eigenvalue weighted by molar-refractivity contribution is 6.04. The number of aromatic nitrogens is 4. The van der Waals surface area contributed by atoms with Crippen LogP contribution in [0.2, 0.25) is 0 Å². The van der Waals surface area contributed by atoms with Crippen LogP contribution in [0.4, 0.5) is 0 Å². The Kier molecular flexibility index (Phi) is 7.14. The fourth-order valence-electron chi connectivity index (χ4n) is 5.87. The van der Waals surface area contributed by atoms with E-state index in [2.05, 4.69) is 119 Å². The summed E-state index contributed by atoms with van der Waals surface area (Å²) >= 11 is 0. The topological polar surface area (TPSA) is 51.6 Å². The smallest absolute Gasteiger partial charge is 0.160 e. The van der Waals surface area contributed by atoms with Crippen LogP contribution in [0.25, 0.3) is 78.3 Å². The molecule has 5 aromatic carbocycles. The number of benzene rings is 5. The maximum Gasteiger partial charge on any atom is 0.160 e. The van der Waals surface area contributed by atoms with Gasteiger partial charge in [-0.3, -0.25) is 9.97 Å².